The lowest BCUT2D eigenvalue weighted by atomic mass is 9.80. The smallest absolute Gasteiger partial charge is 0.126 e. The Hall–Kier alpha value is -1.68. The maximum Gasteiger partial charge on any atom is 0.126 e. The number of nitrogens with zero attached hydrogens (tertiary/aromatic N) is 2. The fraction of sp³-hybridized carbons (Fsp3) is 0.526. The topological polar surface area (TPSA) is 28.2 Å². The molecule has 1 fully saturated rings. The van der Waals surface area contributed by atoms with E-state index in [1.165, 1.54) is 44.2 Å². The molecule has 0 atom stereocenters. The Morgan fingerprint density at radius 1 is 1.17 bits per heavy atom. The van der Waals surface area contributed by atoms with Crippen molar-refractivity contribution >= 4 is 16.7 Å². The lowest BCUT2D eigenvalue weighted by Gasteiger charge is -2.43. The average Bonchev–Trinajstić information content (AvgIpc) is 2.53. The predicted molar refractivity (Wildman–Crippen MR) is 94.4 cm³/mol. The number of fused-ring (bicyclic) bond motifs is 1. The third-order valence-electron chi connectivity index (χ3n) is 5.31. The molecule has 3 nitrogen and oxygen atoms in total. The molecule has 1 heterocycles. The standard InChI is InChI=1S/C19H26FN3/c1-14-11-18(22-17-12-15(20)7-8-16(14)17)21-13-19(23(2)3)9-5-4-6-10-19/h7-8,11-12H,4-6,9-10,13H2,1-3H3,(H,21,22). The minimum atomic E-state index is -0.237. The lowest BCUT2D eigenvalue weighted by Crippen LogP contribution is -2.51. The van der Waals surface area contributed by atoms with E-state index in [2.05, 4.69) is 42.3 Å². The summed E-state index contributed by atoms with van der Waals surface area (Å²) >= 11 is 0. The van der Waals surface area contributed by atoms with Gasteiger partial charge in [0.1, 0.15) is 11.6 Å². The first-order valence-electron chi connectivity index (χ1n) is 8.48. The SMILES string of the molecule is Cc1cc(NCC2(N(C)C)CCCCC2)nc2cc(F)ccc12. The second-order valence-electron chi connectivity index (χ2n) is 7.02. The van der Waals surface area contributed by atoms with E-state index in [0.717, 1.165) is 28.8 Å². The number of pyridine rings is 1. The highest BCUT2D eigenvalue weighted by Crippen LogP contribution is 2.32. The Balaban J connectivity index is 1.83. The molecule has 0 aliphatic heterocycles. The molecule has 1 aromatic carbocycles. The number of rotatable bonds is 4. The van der Waals surface area contributed by atoms with Gasteiger partial charge >= 0.3 is 0 Å². The molecule has 23 heavy (non-hydrogen) atoms. The number of hydrogen-bond acceptors (Lipinski definition) is 3. The third-order valence-corrected chi connectivity index (χ3v) is 5.31. The van der Waals surface area contributed by atoms with Crippen LogP contribution in [0.1, 0.15) is 37.7 Å². The molecule has 1 aliphatic rings. The van der Waals surface area contributed by atoms with Crippen molar-refractivity contribution in [3.8, 4) is 0 Å². The molecule has 0 unspecified atom stereocenters. The van der Waals surface area contributed by atoms with Crippen LogP contribution < -0.4 is 5.32 Å². The van der Waals surface area contributed by atoms with Crippen LogP contribution >= 0.6 is 0 Å². The van der Waals surface area contributed by atoms with Crippen LogP contribution in [-0.2, 0) is 0 Å². The highest BCUT2D eigenvalue weighted by Gasteiger charge is 2.33. The second-order valence-corrected chi connectivity index (χ2v) is 7.02. The zero-order valence-corrected chi connectivity index (χ0v) is 14.3. The summed E-state index contributed by atoms with van der Waals surface area (Å²) in [5.74, 6) is 0.603. The van der Waals surface area contributed by atoms with E-state index in [4.69, 9.17) is 0 Å². The summed E-state index contributed by atoms with van der Waals surface area (Å²) in [6.07, 6.45) is 6.34. The van der Waals surface area contributed by atoms with Crippen LogP contribution in [0.4, 0.5) is 10.2 Å². The highest BCUT2D eigenvalue weighted by molar-refractivity contribution is 5.83. The van der Waals surface area contributed by atoms with Crippen molar-refractivity contribution in [2.24, 2.45) is 0 Å². The molecular weight excluding hydrogens is 289 g/mol. The zero-order chi connectivity index (χ0) is 16.4. The monoisotopic (exact) mass is 315 g/mol. The zero-order valence-electron chi connectivity index (χ0n) is 14.3. The summed E-state index contributed by atoms with van der Waals surface area (Å²) in [6.45, 7) is 2.93. The predicted octanol–water partition coefficient (Wildman–Crippen LogP) is 4.36. The number of nitrogens with one attached hydrogen (secondary N) is 1. The van der Waals surface area contributed by atoms with Crippen molar-refractivity contribution in [3.05, 3.63) is 35.6 Å². The van der Waals surface area contributed by atoms with E-state index < -0.39 is 0 Å². The molecule has 0 radical (unpaired) electrons. The van der Waals surface area contributed by atoms with Gasteiger partial charge in [-0.3, -0.25) is 0 Å². The first-order valence-corrected chi connectivity index (χ1v) is 8.48. The average molecular weight is 315 g/mol. The van der Waals surface area contributed by atoms with Gasteiger partial charge in [0.2, 0.25) is 0 Å². The highest BCUT2D eigenvalue weighted by atomic mass is 19.1. The van der Waals surface area contributed by atoms with Gasteiger partial charge in [0.25, 0.3) is 0 Å². The van der Waals surface area contributed by atoms with Crippen LogP contribution in [0, 0.1) is 12.7 Å². The summed E-state index contributed by atoms with van der Waals surface area (Å²) < 4.78 is 13.5. The maximum absolute atomic E-state index is 13.5. The number of aryl methyl sites for hydroxylation is 1. The molecule has 1 aliphatic carbocycles. The van der Waals surface area contributed by atoms with Gasteiger partial charge in [0.05, 0.1) is 5.52 Å². The van der Waals surface area contributed by atoms with E-state index >= 15 is 0 Å². The summed E-state index contributed by atoms with van der Waals surface area (Å²) in [5.41, 5.74) is 2.04. The Bertz CT molecular complexity index is 690. The minimum absolute atomic E-state index is 0.199. The largest absolute Gasteiger partial charge is 0.368 e. The number of hydrogen-bond donors (Lipinski definition) is 1. The molecule has 0 spiro atoms. The van der Waals surface area contributed by atoms with Gasteiger partial charge in [-0.1, -0.05) is 19.3 Å². The van der Waals surface area contributed by atoms with Gasteiger partial charge < -0.3 is 10.2 Å². The van der Waals surface area contributed by atoms with Crippen LogP contribution in [0.15, 0.2) is 24.3 Å². The quantitative estimate of drug-likeness (QED) is 0.908. The van der Waals surface area contributed by atoms with E-state index in [1.807, 2.05) is 0 Å². The Kier molecular flexibility index (Phi) is 4.53. The number of aromatic nitrogens is 1. The van der Waals surface area contributed by atoms with E-state index in [0.29, 0.717) is 0 Å². The first-order chi connectivity index (χ1) is 11.0. The van der Waals surface area contributed by atoms with Crippen molar-refractivity contribution in [3.63, 3.8) is 0 Å². The van der Waals surface area contributed by atoms with Gasteiger partial charge in [-0.25, -0.2) is 9.37 Å². The van der Waals surface area contributed by atoms with Crippen LogP contribution in [-0.4, -0.2) is 36.1 Å². The number of benzene rings is 1. The molecule has 3 rings (SSSR count). The molecule has 2 aromatic rings. The van der Waals surface area contributed by atoms with E-state index in [1.54, 1.807) is 6.07 Å². The number of likely N-dealkylation sites (N-methyl/N-ethyl adjacent to an activating group) is 1. The molecule has 1 N–H and O–H groups in total. The van der Waals surface area contributed by atoms with Crippen LogP contribution in [0.25, 0.3) is 10.9 Å². The van der Waals surface area contributed by atoms with E-state index in [9.17, 15) is 4.39 Å². The molecule has 0 amide bonds. The van der Waals surface area contributed by atoms with Gasteiger partial charge in [0, 0.05) is 23.5 Å². The molecule has 1 aromatic heterocycles. The van der Waals surface area contributed by atoms with Crippen LogP contribution in [0.3, 0.4) is 0 Å². The van der Waals surface area contributed by atoms with Crippen molar-refractivity contribution < 1.29 is 4.39 Å². The van der Waals surface area contributed by atoms with Crippen molar-refractivity contribution in [1.29, 1.82) is 0 Å². The normalized spacial score (nSPS) is 17.6. The second kappa shape index (κ2) is 6.44. The summed E-state index contributed by atoms with van der Waals surface area (Å²) in [4.78, 5) is 6.96. The summed E-state index contributed by atoms with van der Waals surface area (Å²) in [6, 6.07) is 6.87. The Morgan fingerprint density at radius 2 is 1.91 bits per heavy atom. The molecule has 1 saturated carbocycles. The fourth-order valence-electron chi connectivity index (χ4n) is 3.71. The minimum Gasteiger partial charge on any atom is -0.368 e. The van der Waals surface area contributed by atoms with Crippen molar-refractivity contribution in [2.75, 3.05) is 26.0 Å². The Labute approximate surface area is 137 Å². The molecule has 124 valence electrons. The van der Waals surface area contributed by atoms with Gasteiger partial charge in [-0.2, -0.15) is 0 Å². The number of anilines is 1. The summed E-state index contributed by atoms with van der Waals surface area (Å²) in [7, 11) is 4.34. The van der Waals surface area contributed by atoms with Crippen molar-refractivity contribution in [1.82, 2.24) is 9.88 Å². The first kappa shape index (κ1) is 16.2. The molecule has 4 heteroatoms. The molecule has 0 bridgehead atoms. The van der Waals surface area contributed by atoms with Crippen LogP contribution in [0.2, 0.25) is 0 Å². The summed E-state index contributed by atoms with van der Waals surface area (Å²) in [5, 5.41) is 4.52. The van der Waals surface area contributed by atoms with Gasteiger partial charge in [-0.15, -0.1) is 0 Å². The molecule has 0 saturated heterocycles. The Morgan fingerprint density at radius 3 is 2.61 bits per heavy atom. The van der Waals surface area contributed by atoms with Gasteiger partial charge in [-0.05, 0) is 57.6 Å². The van der Waals surface area contributed by atoms with Crippen molar-refractivity contribution in [2.45, 2.75) is 44.6 Å². The lowest BCUT2D eigenvalue weighted by molar-refractivity contribution is 0.113. The fourth-order valence-corrected chi connectivity index (χ4v) is 3.71. The molecular formula is C19H26FN3. The van der Waals surface area contributed by atoms with Crippen LogP contribution in [0.5, 0.6) is 0 Å². The van der Waals surface area contributed by atoms with Gasteiger partial charge in [0.15, 0.2) is 0 Å². The maximum atomic E-state index is 13.5. The number of halogens is 1. The third kappa shape index (κ3) is 3.32. The van der Waals surface area contributed by atoms with E-state index in [-0.39, 0.29) is 11.4 Å².